The van der Waals surface area contributed by atoms with Gasteiger partial charge in [0.15, 0.2) is 5.76 Å². The van der Waals surface area contributed by atoms with Gasteiger partial charge in [-0.05, 0) is 62.4 Å². The van der Waals surface area contributed by atoms with Crippen LogP contribution in [0.4, 0.5) is 0 Å². The van der Waals surface area contributed by atoms with E-state index in [2.05, 4.69) is 9.88 Å². The third-order valence-electron chi connectivity index (χ3n) is 5.71. The molecule has 3 aromatic rings. The van der Waals surface area contributed by atoms with Gasteiger partial charge in [-0.3, -0.25) is 14.4 Å². The molecular weight excluding hydrogens is 408 g/mol. The van der Waals surface area contributed by atoms with Crippen molar-refractivity contribution in [3.8, 4) is 5.69 Å². The summed E-state index contributed by atoms with van der Waals surface area (Å²) in [6.45, 7) is 5.69. The van der Waals surface area contributed by atoms with Gasteiger partial charge >= 0.3 is 0 Å². The minimum Gasteiger partial charge on any atom is -0.459 e. The SMILES string of the molecule is Cc1ccc(C)n1-c1ccc(C(=O)NCC(=O)N2CCN(C(=O)c3ccco3)CC2)cc1. The van der Waals surface area contributed by atoms with Gasteiger partial charge in [0, 0.05) is 48.8 Å². The van der Waals surface area contributed by atoms with Crippen molar-refractivity contribution in [3.63, 3.8) is 0 Å². The van der Waals surface area contributed by atoms with Crippen molar-refractivity contribution in [2.24, 2.45) is 0 Å². The van der Waals surface area contributed by atoms with Gasteiger partial charge in [0.05, 0.1) is 12.8 Å². The van der Waals surface area contributed by atoms with E-state index in [-0.39, 0.29) is 24.3 Å². The maximum absolute atomic E-state index is 12.5. The van der Waals surface area contributed by atoms with Crippen LogP contribution >= 0.6 is 0 Å². The molecule has 32 heavy (non-hydrogen) atoms. The third kappa shape index (κ3) is 4.44. The summed E-state index contributed by atoms with van der Waals surface area (Å²) < 4.78 is 7.26. The van der Waals surface area contributed by atoms with E-state index >= 15 is 0 Å². The summed E-state index contributed by atoms with van der Waals surface area (Å²) in [4.78, 5) is 40.6. The summed E-state index contributed by atoms with van der Waals surface area (Å²) in [6.07, 6.45) is 1.46. The molecule has 1 aliphatic rings. The number of amides is 3. The quantitative estimate of drug-likeness (QED) is 0.668. The first-order valence-corrected chi connectivity index (χ1v) is 10.6. The molecule has 2 aromatic heterocycles. The topological polar surface area (TPSA) is 87.8 Å². The Morgan fingerprint density at radius 2 is 1.50 bits per heavy atom. The zero-order valence-electron chi connectivity index (χ0n) is 18.2. The van der Waals surface area contributed by atoms with E-state index < -0.39 is 0 Å². The predicted octanol–water partition coefficient (Wildman–Crippen LogP) is 2.40. The fourth-order valence-corrected chi connectivity index (χ4v) is 3.92. The monoisotopic (exact) mass is 434 g/mol. The first-order valence-electron chi connectivity index (χ1n) is 10.6. The lowest BCUT2D eigenvalue weighted by Gasteiger charge is -2.34. The van der Waals surface area contributed by atoms with Gasteiger partial charge in [-0.25, -0.2) is 0 Å². The molecule has 1 aliphatic heterocycles. The number of carbonyl (C=O) groups excluding carboxylic acids is 3. The second-order valence-corrected chi connectivity index (χ2v) is 7.83. The lowest BCUT2D eigenvalue weighted by atomic mass is 10.2. The number of rotatable bonds is 5. The van der Waals surface area contributed by atoms with Gasteiger partial charge in [-0.15, -0.1) is 0 Å². The van der Waals surface area contributed by atoms with Crippen molar-refractivity contribution in [2.75, 3.05) is 32.7 Å². The summed E-state index contributed by atoms with van der Waals surface area (Å²) in [6, 6.07) is 14.7. The van der Waals surface area contributed by atoms with Crippen LogP contribution in [0.3, 0.4) is 0 Å². The molecule has 3 amide bonds. The Hall–Kier alpha value is -3.81. The van der Waals surface area contributed by atoms with Gasteiger partial charge in [-0.2, -0.15) is 0 Å². The largest absolute Gasteiger partial charge is 0.459 e. The zero-order valence-corrected chi connectivity index (χ0v) is 18.2. The van der Waals surface area contributed by atoms with E-state index in [0.717, 1.165) is 17.1 Å². The van der Waals surface area contributed by atoms with Crippen molar-refractivity contribution in [1.82, 2.24) is 19.7 Å². The maximum atomic E-state index is 12.5. The molecule has 0 spiro atoms. The van der Waals surface area contributed by atoms with Crippen LogP contribution in [-0.4, -0.2) is 64.8 Å². The number of piperazine rings is 1. The molecule has 3 heterocycles. The smallest absolute Gasteiger partial charge is 0.289 e. The van der Waals surface area contributed by atoms with E-state index in [4.69, 9.17) is 4.42 Å². The fourth-order valence-electron chi connectivity index (χ4n) is 3.92. The van der Waals surface area contributed by atoms with Gasteiger partial charge in [0.25, 0.3) is 11.8 Å². The van der Waals surface area contributed by atoms with Crippen LogP contribution in [0.15, 0.2) is 59.2 Å². The lowest BCUT2D eigenvalue weighted by molar-refractivity contribution is -0.131. The average Bonchev–Trinajstić information content (AvgIpc) is 3.47. The number of aromatic nitrogens is 1. The normalized spacial score (nSPS) is 13.8. The van der Waals surface area contributed by atoms with Crippen LogP contribution in [0.25, 0.3) is 5.69 Å². The molecule has 0 radical (unpaired) electrons. The van der Waals surface area contributed by atoms with Crippen LogP contribution in [0.2, 0.25) is 0 Å². The molecule has 1 aromatic carbocycles. The first kappa shape index (κ1) is 21.4. The van der Waals surface area contributed by atoms with Crippen LogP contribution < -0.4 is 5.32 Å². The first-order chi connectivity index (χ1) is 15.4. The third-order valence-corrected chi connectivity index (χ3v) is 5.71. The summed E-state index contributed by atoms with van der Waals surface area (Å²) in [5.41, 5.74) is 3.73. The van der Waals surface area contributed by atoms with Crippen molar-refractivity contribution in [1.29, 1.82) is 0 Å². The van der Waals surface area contributed by atoms with Crippen molar-refractivity contribution in [2.45, 2.75) is 13.8 Å². The number of nitrogens with one attached hydrogen (secondary N) is 1. The number of hydrogen-bond donors (Lipinski definition) is 1. The van der Waals surface area contributed by atoms with Gasteiger partial charge in [0.1, 0.15) is 0 Å². The van der Waals surface area contributed by atoms with Crippen LogP contribution in [0, 0.1) is 13.8 Å². The Labute approximate surface area is 186 Å². The second kappa shape index (κ2) is 9.13. The highest BCUT2D eigenvalue weighted by Crippen LogP contribution is 2.17. The molecule has 1 saturated heterocycles. The molecule has 0 atom stereocenters. The number of nitrogens with zero attached hydrogens (tertiary/aromatic N) is 3. The molecule has 0 unspecified atom stereocenters. The van der Waals surface area contributed by atoms with Crippen molar-refractivity contribution >= 4 is 17.7 Å². The molecule has 1 fully saturated rings. The number of benzene rings is 1. The summed E-state index contributed by atoms with van der Waals surface area (Å²) in [5.74, 6) is -0.342. The summed E-state index contributed by atoms with van der Waals surface area (Å²) in [7, 11) is 0. The molecule has 8 heteroatoms. The maximum Gasteiger partial charge on any atom is 0.289 e. The van der Waals surface area contributed by atoms with Crippen molar-refractivity contribution < 1.29 is 18.8 Å². The number of hydrogen-bond acceptors (Lipinski definition) is 4. The highest BCUT2D eigenvalue weighted by molar-refractivity contribution is 5.96. The van der Waals surface area contributed by atoms with Crippen LogP contribution in [-0.2, 0) is 4.79 Å². The molecule has 0 bridgehead atoms. The molecule has 166 valence electrons. The fraction of sp³-hybridized carbons (Fsp3) is 0.292. The van der Waals surface area contributed by atoms with E-state index in [9.17, 15) is 14.4 Å². The Morgan fingerprint density at radius 3 is 2.09 bits per heavy atom. The Kier molecular flexibility index (Phi) is 6.11. The zero-order chi connectivity index (χ0) is 22.7. The number of carbonyl (C=O) groups is 3. The highest BCUT2D eigenvalue weighted by Gasteiger charge is 2.26. The van der Waals surface area contributed by atoms with Gasteiger partial charge in [-0.1, -0.05) is 0 Å². The van der Waals surface area contributed by atoms with Crippen molar-refractivity contribution in [3.05, 3.63) is 77.5 Å². The molecule has 0 aliphatic carbocycles. The molecule has 0 saturated carbocycles. The predicted molar refractivity (Wildman–Crippen MR) is 119 cm³/mol. The minimum atomic E-state index is -0.294. The second-order valence-electron chi connectivity index (χ2n) is 7.83. The van der Waals surface area contributed by atoms with Crippen LogP contribution in [0.1, 0.15) is 32.3 Å². The van der Waals surface area contributed by atoms with E-state index in [1.54, 1.807) is 34.1 Å². The standard InChI is InChI=1S/C24H26N4O4/c1-17-5-6-18(2)28(17)20-9-7-19(8-10-20)23(30)25-16-22(29)26-11-13-27(14-12-26)24(31)21-4-3-15-32-21/h3-10,15H,11-14,16H2,1-2H3,(H,25,30). The summed E-state index contributed by atoms with van der Waals surface area (Å²) in [5, 5.41) is 2.70. The molecular formula is C24H26N4O4. The van der Waals surface area contributed by atoms with E-state index in [0.29, 0.717) is 37.5 Å². The minimum absolute atomic E-state index is 0.0808. The van der Waals surface area contributed by atoms with E-state index in [1.807, 2.05) is 38.1 Å². The average molecular weight is 434 g/mol. The lowest BCUT2D eigenvalue weighted by Crippen LogP contribution is -2.52. The van der Waals surface area contributed by atoms with Gasteiger partial charge < -0.3 is 24.1 Å². The number of furan rings is 1. The Balaban J connectivity index is 1.27. The Morgan fingerprint density at radius 1 is 0.875 bits per heavy atom. The molecule has 1 N–H and O–H groups in total. The van der Waals surface area contributed by atoms with Crippen LogP contribution in [0.5, 0.6) is 0 Å². The summed E-state index contributed by atoms with van der Waals surface area (Å²) >= 11 is 0. The molecule has 8 nitrogen and oxygen atoms in total. The molecule has 4 rings (SSSR count). The van der Waals surface area contributed by atoms with E-state index in [1.165, 1.54) is 6.26 Å². The van der Waals surface area contributed by atoms with Gasteiger partial charge in [0.2, 0.25) is 5.91 Å². The highest BCUT2D eigenvalue weighted by atomic mass is 16.3. The Bertz CT molecular complexity index is 1090. The number of aryl methyl sites for hydroxylation is 2.